The Morgan fingerprint density at radius 1 is 1.35 bits per heavy atom. The highest BCUT2D eigenvalue weighted by molar-refractivity contribution is 5.80. The van der Waals surface area contributed by atoms with Crippen LogP contribution in [0.1, 0.15) is 20.3 Å². The highest BCUT2D eigenvalue weighted by atomic mass is 16.4. The van der Waals surface area contributed by atoms with Crippen LogP contribution in [0.25, 0.3) is 0 Å². The number of hydrogen-bond donors (Lipinski definition) is 2. The van der Waals surface area contributed by atoms with Gasteiger partial charge in [-0.25, -0.2) is 4.79 Å². The number of aliphatic carboxylic acids is 1. The normalized spacial score (nSPS) is 16.8. The van der Waals surface area contributed by atoms with Crippen molar-refractivity contribution in [3.8, 4) is 0 Å². The molecule has 0 aliphatic carbocycles. The Kier molecular flexibility index (Phi) is 5.21. The standard InChI is InChI=1S/C11H21N3O3/c1-9(2)14(8-10(15)16)11(17)13-6-3-4-12-5-7-13/h9,12H,3-8H2,1-2H3,(H,15,16). The predicted molar refractivity (Wildman–Crippen MR) is 63.9 cm³/mol. The van der Waals surface area contributed by atoms with Crippen LogP contribution in [0.2, 0.25) is 0 Å². The molecule has 2 N–H and O–H groups in total. The Morgan fingerprint density at radius 3 is 2.65 bits per heavy atom. The van der Waals surface area contributed by atoms with Gasteiger partial charge in [0.15, 0.2) is 0 Å². The molecule has 1 fully saturated rings. The van der Waals surface area contributed by atoms with E-state index in [1.165, 1.54) is 4.90 Å². The molecule has 17 heavy (non-hydrogen) atoms. The zero-order valence-electron chi connectivity index (χ0n) is 10.5. The second-order valence-electron chi connectivity index (χ2n) is 4.49. The van der Waals surface area contributed by atoms with Crippen LogP contribution in [0.3, 0.4) is 0 Å². The van der Waals surface area contributed by atoms with Crippen molar-refractivity contribution in [2.45, 2.75) is 26.3 Å². The van der Waals surface area contributed by atoms with Crippen molar-refractivity contribution in [2.24, 2.45) is 0 Å². The van der Waals surface area contributed by atoms with E-state index >= 15 is 0 Å². The number of carbonyl (C=O) groups is 2. The van der Waals surface area contributed by atoms with Crippen LogP contribution < -0.4 is 5.32 Å². The summed E-state index contributed by atoms with van der Waals surface area (Å²) in [5.41, 5.74) is 0. The highest BCUT2D eigenvalue weighted by Crippen LogP contribution is 2.06. The van der Waals surface area contributed by atoms with Crippen LogP contribution in [0.15, 0.2) is 0 Å². The van der Waals surface area contributed by atoms with E-state index in [4.69, 9.17) is 5.11 Å². The molecular weight excluding hydrogens is 222 g/mol. The van der Waals surface area contributed by atoms with E-state index in [-0.39, 0.29) is 18.6 Å². The Bertz CT molecular complexity index is 273. The molecule has 0 radical (unpaired) electrons. The fraction of sp³-hybridized carbons (Fsp3) is 0.818. The summed E-state index contributed by atoms with van der Waals surface area (Å²) in [4.78, 5) is 26.1. The molecule has 1 saturated heterocycles. The number of hydrogen-bond acceptors (Lipinski definition) is 3. The van der Waals surface area contributed by atoms with E-state index in [1.54, 1.807) is 4.90 Å². The summed E-state index contributed by atoms with van der Waals surface area (Å²) in [7, 11) is 0. The van der Waals surface area contributed by atoms with E-state index < -0.39 is 5.97 Å². The van der Waals surface area contributed by atoms with Gasteiger partial charge in [0, 0.05) is 25.7 Å². The van der Waals surface area contributed by atoms with Gasteiger partial charge in [-0.1, -0.05) is 0 Å². The average Bonchev–Trinajstić information content (AvgIpc) is 2.52. The van der Waals surface area contributed by atoms with Crippen LogP contribution in [0, 0.1) is 0 Å². The van der Waals surface area contributed by atoms with Crippen molar-refractivity contribution >= 4 is 12.0 Å². The first kappa shape index (κ1) is 13.8. The van der Waals surface area contributed by atoms with E-state index in [9.17, 15) is 9.59 Å². The molecule has 0 saturated carbocycles. The monoisotopic (exact) mass is 243 g/mol. The SMILES string of the molecule is CC(C)N(CC(=O)O)C(=O)N1CCCNCC1. The summed E-state index contributed by atoms with van der Waals surface area (Å²) < 4.78 is 0. The topological polar surface area (TPSA) is 72.9 Å². The van der Waals surface area contributed by atoms with Gasteiger partial charge in [0.1, 0.15) is 6.54 Å². The number of amides is 2. The van der Waals surface area contributed by atoms with Gasteiger partial charge >= 0.3 is 12.0 Å². The number of nitrogens with zero attached hydrogens (tertiary/aromatic N) is 2. The Labute approximate surface area is 102 Å². The Balaban J connectivity index is 2.65. The van der Waals surface area contributed by atoms with Gasteiger partial charge in [0.2, 0.25) is 0 Å². The minimum absolute atomic E-state index is 0.102. The van der Waals surface area contributed by atoms with Crippen molar-refractivity contribution in [3.63, 3.8) is 0 Å². The van der Waals surface area contributed by atoms with Gasteiger partial charge in [-0.3, -0.25) is 4.79 Å². The third-order valence-electron chi connectivity index (χ3n) is 2.79. The second-order valence-corrected chi connectivity index (χ2v) is 4.49. The summed E-state index contributed by atoms with van der Waals surface area (Å²) >= 11 is 0. The van der Waals surface area contributed by atoms with Gasteiger partial charge < -0.3 is 20.2 Å². The summed E-state index contributed by atoms with van der Waals surface area (Å²) in [5, 5.41) is 12.0. The first-order chi connectivity index (χ1) is 8.02. The molecule has 0 aromatic heterocycles. The molecule has 0 spiro atoms. The predicted octanol–water partition coefficient (Wildman–Crippen LogP) is 0.197. The summed E-state index contributed by atoms with van der Waals surface area (Å²) in [6, 6.07) is -0.277. The van der Waals surface area contributed by atoms with Crippen molar-refractivity contribution in [2.75, 3.05) is 32.7 Å². The molecule has 0 aromatic carbocycles. The van der Waals surface area contributed by atoms with Crippen LogP contribution >= 0.6 is 0 Å². The van der Waals surface area contributed by atoms with E-state index in [0.717, 1.165) is 19.5 Å². The molecule has 0 unspecified atom stereocenters. The van der Waals surface area contributed by atoms with Crippen LogP contribution in [-0.2, 0) is 4.79 Å². The van der Waals surface area contributed by atoms with Gasteiger partial charge in [0.05, 0.1) is 0 Å². The maximum Gasteiger partial charge on any atom is 0.323 e. The average molecular weight is 243 g/mol. The molecule has 6 nitrogen and oxygen atoms in total. The van der Waals surface area contributed by atoms with Crippen LogP contribution in [0.4, 0.5) is 4.79 Å². The van der Waals surface area contributed by atoms with E-state index in [2.05, 4.69) is 5.32 Å². The van der Waals surface area contributed by atoms with Gasteiger partial charge in [-0.15, -0.1) is 0 Å². The number of rotatable bonds is 3. The molecule has 1 aliphatic rings. The first-order valence-corrected chi connectivity index (χ1v) is 6.00. The van der Waals surface area contributed by atoms with E-state index in [1.807, 2.05) is 13.8 Å². The lowest BCUT2D eigenvalue weighted by atomic mass is 10.3. The third-order valence-corrected chi connectivity index (χ3v) is 2.79. The number of carboxylic acids is 1. The number of carbonyl (C=O) groups excluding carboxylic acids is 1. The van der Waals surface area contributed by atoms with E-state index in [0.29, 0.717) is 13.1 Å². The minimum atomic E-state index is -0.972. The van der Waals surface area contributed by atoms with Crippen molar-refractivity contribution in [3.05, 3.63) is 0 Å². The molecule has 2 amide bonds. The molecule has 0 atom stereocenters. The van der Waals surface area contributed by atoms with Gasteiger partial charge in [-0.05, 0) is 26.8 Å². The maximum absolute atomic E-state index is 12.2. The maximum atomic E-state index is 12.2. The Morgan fingerprint density at radius 2 is 2.06 bits per heavy atom. The molecule has 0 bridgehead atoms. The number of carboxylic acid groups (broad SMARTS) is 1. The molecule has 0 aromatic rings. The summed E-state index contributed by atoms with van der Waals surface area (Å²) in [6.07, 6.45) is 0.907. The largest absolute Gasteiger partial charge is 0.480 e. The molecule has 6 heteroatoms. The third kappa shape index (κ3) is 4.22. The molecule has 1 heterocycles. The van der Waals surface area contributed by atoms with Crippen molar-refractivity contribution in [1.82, 2.24) is 15.1 Å². The fourth-order valence-electron chi connectivity index (χ4n) is 1.84. The molecule has 98 valence electrons. The van der Waals surface area contributed by atoms with Crippen molar-refractivity contribution in [1.29, 1.82) is 0 Å². The summed E-state index contributed by atoms with van der Waals surface area (Å²) in [6.45, 7) is 6.43. The lowest BCUT2D eigenvalue weighted by Gasteiger charge is -2.31. The van der Waals surface area contributed by atoms with Crippen molar-refractivity contribution < 1.29 is 14.7 Å². The van der Waals surface area contributed by atoms with Gasteiger partial charge in [0.25, 0.3) is 0 Å². The number of urea groups is 1. The van der Waals surface area contributed by atoms with Crippen LogP contribution in [0.5, 0.6) is 0 Å². The van der Waals surface area contributed by atoms with Gasteiger partial charge in [-0.2, -0.15) is 0 Å². The molecule has 1 rings (SSSR count). The Hall–Kier alpha value is -1.30. The molecule has 1 aliphatic heterocycles. The summed E-state index contributed by atoms with van der Waals surface area (Å²) in [5.74, 6) is -0.972. The lowest BCUT2D eigenvalue weighted by Crippen LogP contribution is -2.49. The lowest BCUT2D eigenvalue weighted by molar-refractivity contribution is -0.138. The quantitative estimate of drug-likeness (QED) is 0.742. The number of nitrogens with one attached hydrogen (secondary N) is 1. The fourth-order valence-corrected chi connectivity index (χ4v) is 1.84. The highest BCUT2D eigenvalue weighted by Gasteiger charge is 2.25. The first-order valence-electron chi connectivity index (χ1n) is 6.00. The minimum Gasteiger partial charge on any atom is -0.480 e. The molecular formula is C11H21N3O3. The zero-order chi connectivity index (χ0) is 12.8. The smallest absolute Gasteiger partial charge is 0.323 e. The second kappa shape index (κ2) is 6.44. The van der Waals surface area contributed by atoms with Crippen LogP contribution in [-0.4, -0.2) is 65.7 Å². The zero-order valence-corrected chi connectivity index (χ0v) is 10.5.